The molecule has 0 amide bonds. The summed E-state index contributed by atoms with van der Waals surface area (Å²) in [5.41, 5.74) is 2.73. The van der Waals surface area contributed by atoms with Crippen molar-refractivity contribution in [1.82, 2.24) is 9.61 Å². The second-order valence-corrected chi connectivity index (χ2v) is 5.59. The van der Waals surface area contributed by atoms with Crippen LogP contribution in [0.15, 0.2) is 24.4 Å². The van der Waals surface area contributed by atoms with Crippen molar-refractivity contribution in [1.29, 1.82) is 0 Å². The molecule has 0 aliphatic carbocycles. The molecule has 0 spiro atoms. The fourth-order valence-electron chi connectivity index (χ4n) is 1.42. The Hall–Kier alpha value is -0.580. The number of aromatic nitrogens is 2. The summed E-state index contributed by atoms with van der Waals surface area (Å²) in [6.45, 7) is 6.68. The third-order valence-electron chi connectivity index (χ3n) is 2.32. The Bertz CT molecular complexity index is 466. The highest BCUT2D eigenvalue weighted by molar-refractivity contribution is 14.1. The SMILES string of the molecule is CC(C)(C)c1cc(I)n2nccc2c1. The van der Waals surface area contributed by atoms with Gasteiger partial charge in [0.25, 0.3) is 0 Å². The van der Waals surface area contributed by atoms with Gasteiger partial charge in [-0.1, -0.05) is 20.8 Å². The summed E-state index contributed by atoms with van der Waals surface area (Å²) in [6.07, 6.45) is 1.84. The van der Waals surface area contributed by atoms with Crippen molar-refractivity contribution < 1.29 is 0 Å². The summed E-state index contributed by atoms with van der Waals surface area (Å²) in [5, 5.41) is 4.25. The van der Waals surface area contributed by atoms with Crippen LogP contribution in [-0.2, 0) is 5.41 Å². The Kier molecular flexibility index (Phi) is 2.29. The van der Waals surface area contributed by atoms with Gasteiger partial charge >= 0.3 is 0 Å². The molecular weight excluding hydrogens is 287 g/mol. The van der Waals surface area contributed by atoms with E-state index in [1.807, 2.05) is 16.8 Å². The first kappa shape index (κ1) is 9.96. The Morgan fingerprint density at radius 1 is 1.29 bits per heavy atom. The van der Waals surface area contributed by atoms with Gasteiger partial charge in [0, 0.05) is 0 Å². The smallest absolute Gasteiger partial charge is 0.103 e. The molecule has 0 N–H and O–H groups in total. The molecule has 0 saturated heterocycles. The first-order chi connectivity index (χ1) is 6.48. The van der Waals surface area contributed by atoms with E-state index in [1.54, 1.807) is 0 Å². The van der Waals surface area contributed by atoms with Gasteiger partial charge in [-0.25, -0.2) is 4.52 Å². The van der Waals surface area contributed by atoms with Crippen molar-refractivity contribution in [3.05, 3.63) is 33.7 Å². The van der Waals surface area contributed by atoms with E-state index in [0.717, 1.165) is 3.70 Å². The highest BCUT2D eigenvalue weighted by atomic mass is 127. The number of halogens is 1. The van der Waals surface area contributed by atoms with E-state index in [-0.39, 0.29) is 5.41 Å². The average molecular weight is 300 g/mol. The molecule has 3 heteroatoms. The fourth-order valence-corrected chi connectivity index (χ4v) is 2.16. The molecule has 14 heavy (non-hydrogen) atoms. The molecule has 74 valence electrons. The van der Waals surface area contributed by atoms with Crippen molar-refractivity contribution >= 4 is 28.1 Å². The standard InChI is InChI=1S/C11H13IN2/c1-11(2,3)8-6-9-4-5-13-14(9)10(12)7-8/h4-7H,1-3H3. The maximum atomic E-state index is 4.25. The Labute approximate surface area is 97.5 Å². The quantitative estimate of drug-likeness (QED) is 0.539. The molecule has 0 aromatic carbocycles. The summed E-state index contributed by atoms with van der Waals surface area (Å²) in [7, 11) is 0. The molecule has 0 aliphatic heterocycles. The highest BCUT2D eigenvalue weighted by Gasteiger charge is 2.15. The van der Waals surface area contributed by atoms with Crippen LogP contribution < -0.4 is 0 Å². The van der Waals surface area contributed by atoms with Gasteiger partial charge in [-0.05, 0) is 51.8 Å². The van der Waals surface area contributed by atoms with Gasteiger partial charge in [-0.2, -0.15) is 5.10 Å². The Balaban J connectivity index is 2.70. The maximum Gasteiger partial charge on any atom is 0.103 e. The lowest BCUT2D eigenvalue weighted by Gasteiger charge is -2.19. The minimum atomic E-state index is 0.200. The van der Waals surface area contributed by atoms with Crippen LogP contribution in [0.4, 0.5) is 0 Å². The van der Waals surface area contributed by atoms with Crippen LogP contribution in [0.3, 0.4) is 0 Å². The van der Waals surface area contributed by atoms with Gasteiger partial charge in [0.15, 0.2) is 0 Å². The number of rotatable bonds is 0. The van der Waals surface area contributed by atoms with Crippen molar-refractivity contribution in [2.45, 2.75) is 26.2 Å². The normalized spacial score (nSPS) is 12.3. The predicted molar refractivity (Wildman–Crippen MR) is 66.6 cm³/mol. The monoisotopic (exact) mass is 300 g/mol. The molecular formula is C11H13IN2. The van der Waals surface area contributed by atoms with Crippen LogP contribution in [0.1, 0.15) is 26.3 Å². The molecule has 0 atom stereocenters. The van der Waals surface area contributed by atoms with Crippen molar-refractivity contribution in [2.24, 2.45) is 0 Å². The van der Waals surface area contributed by atoms with Crippen LogP contribution in [0.5, 0.6) is 0 Å². The second-order valence-electron chi connectivity index (χ2n) is 4.48. The number of nitrogens with zero attached hydrogens (tertiary/aromatic N) is 2. The summed E-state index contributed by atoms with van der Waals surface area (Å²) < 4.78 is 3.12. The average Bonchev–Trinajstić information content (AvgIpc) is 2.50. The maximum absolute atomic E-state index is 4.25. The highest BCUT2D eigenvalue weighted by Crippen LogP contribution is 2.25. The lowest BCUT2D eigenvalue weighted by Crippen LogP contribution is -2.12. The Morgan fingerprint density at radius 3 is 2.64 bits per heavy atom. The molecule has 0 fully saturated rings. The van der Waals surface area contributed by atoms with Gasteiger partial charge in [-0.15, -0.1) is 0 Å². The number of pyridine rings is 1. The van der Waals surface area contributed by atoms with Gasteiger partial charge in [0.1, 0.15) is 3.70 Å². The van der Waals surface area contributed by atoms with E-state index in [2.05, 4.69) is 60.6 Å². The summed E-state index contributed by atoms with van der Waals surface area (Å²) in [6, 6.07) is 6.44. The number of hydrogen-bond acceptors (Lipinski definition) is 1. The zero-order valence-electron chi connectivity index (χ0n) is 8.58. The minimum Gasteiger partial charge on any atom is -0.228 e. The molecule has 0 aliphatic rings. The van der Waals surface area contributed by atoms with E-state index in [9.17, 15) is 0 Å². The van der Waals surface area contributed by atoms with Crippen LogP contribution in [0, 0.1) is 3.70 Å². The van der Waals surface area contributed by atoms with Gasteiger partial charge < -0.3 is 0 Å². The van der Waals surface area contributed by atoms with Crippen LogP contribution in [-0.4, -0.2) is 9.61 Å². The Morgan fingerprint density at radius 2 is 2.00 bits per heavy atom. The van der Waals surface area contributed by atoms with Crippen molar-refractivity contribution in [3.63, 3.8) is 0 Å². The molecule has 2 rings (SSSR count). The van der Waals surface area contributed by atoms with Gasteiger partial charge in [0.05, 0.1) is 11.7 Å². The minimum absolute atomic E-state index is 0.200. The predicted octanol–water partition coefficient (Wildman–Crippen LogP) is 3.24. The van der Waals surface area contributed by atoms with Crippen LogP contribution >= 0.6 is 22.6 Å². The van der Waals surface area contributed by atoms with E-state index in [0.29, 0.717) is 0 Å². The van der Waals surface area contributed by atoms with E-state index >= 15 is 0 Å². The molecule has 0 bridgehead atoms. The van der Waals surface area contributed by atoms with Crippen LogP contribution in [0.2, 0.25) is 0 Å². The second kappa shape index (κ2) is 3.22. The van der Waals surface area contributed by atoms with Crippen molar-refractivity contribution in [2.75, 3.05) is 0 Å². The summed E-state index contributed by atoms with van der Waals surface area (Å²) in [4.78, 5) is 0. The molecule has 2 aromatic rings. The van der Waals surface area contributed by atoms with E-state index in [1.165, 1.54) is 11.1 Å². The summed E-state index contributed by atoms with van der Waals surface area (Å²) in [5.74, 6) is 0. The van der Waals surface area contributed by atoms with Gasteiger partial charge in [-0.3, -0.25) is 0 Å². The van der Waals surface area contributed by atoms with E-state index in [4.69, 9.17) is 0 Å². The fraction of sp³-hybridized carbons (Fsp3) is 0.364. The molecule has 2 nitrogen and oxygen atoms in total. The van der Waals surface area contributed by atoms with Gasteiger partial charge in [0.2, 0.25) is 0 Å². The molecule has 2 heterocycles. The molecule has 2 aromatic heterocycles. The molecule has 0 radical (unpaired) electrons. The number of fused-ring (bicyclic) bond motifs is 1. The van der Waals surface area contributed by atoms with E-state index < -0.39 is 0 Å². The van der Waals surface area contributed by atoms with Crippen LogP contribution in [0.25, 0.3) is 5.52 Å². The largest absolute Gasteiger partial charge is 0.228 e. The summed E-state index contributed by atoms with van der Waals surface area (Å²) >= 11 is 2.32. The third-order valence-corrected chi connectivity index (χ3v) is 3.09. The zero-order chi connectivity index (χ0) is 10.3. The lowest BCUT2D eigenvalue weighted by molar-refractivity contribution is 0.588. The van der Waals surface area contributed by atoms with Crippen molar-refractivity contribution in [3.8, 4) is 0 Å². The topological polar surface area (TPSA) is 17.3 Å². The molecule has 0 unspecified atom stereocenters. The first-order valence-corrected chi connectivity index (χ1v) is 5.70. The third kappa shape index (κ3) is 1.65. The zero-order valence-corrected chi connectivity index (χ0v) is 10.7. The molecule has 0 saturated carbocycles. The number of hydrogen-bond donors (Lipinski definition) is 0. The first-order valence-electron chi connectivity index (χ1n) is 4.62. The lowest BCUT2D eigenvalue weighted by atomic mass is 9.88.